The standard InChI is InChI=1S/C15H9Cl3O2/c16-8-2-4-14-11(5-8)13(19)7-15(20-14)10-3-1-9(17)6-12(10)18/h1-6,15H,7H2. The highest BCUT2D eigenvalue weighted by Gasteiger charge is 2.29. The van der Waals surface area contributed by atoms with Gasteiger partial charge in [-0.1, -0.05) is 40.9 Å². The van der Waals surface area contributed by atoms with Crippen molar-refractivity contribution in [1.82, 2.24) is 0 Å². The second kappa shape index (κ2) is 5.28. The van der Waals surface area contributed by atoms with Gasteiger partial charge in [0.2, 0.25) is 0 Å². The molecule has 0 bridgehead atoms. The third-order valence-corrected chi connectivity index (χ3v) is 3.99. The minimum atomic E-state index is -0.402. The summed E-state index contributed by atoms with van der Waals surface area (Å²) in [5, 5.41) is 1.56. The molecule has 1 atom stereocenters. The molecule has 0 aromatic heterocycles. The van der Waals surface area contributed by atoms with Crippen LogP contribution in [0.25, 0.3) is 0 Å². The third-order valence-electron chi connectivity index (χ3n) is 3.19. The largest absolute Gasteiger partial charge is 0.484 e. The molecule has 3 rings (SSSR count). The van der Waals surface area contributed by atoms with Crippen LogP contribution in [0, 0.1) is 0 Å². The van der Waals surface area contributed by atoms with Crippen molar-refractivity contribution in [3.8, 4) is 5.75 Å². The van der Waals surface area contributed by atoms with Crippen LogP contribution in [-0.2, 0) is 0 Å². The van der Waals surface area contributed by atoms with Crippen molar-refractivity contribution >= 4 is 40.6 Å². The van der Waals surface area contributed by atoms with Gasteiger partial charge in [-0.05, 0) is 30.3 Å². The molecular weight excluding hydrogens is 319 g/mol. The van der Waals surface area contributed by atoms with Gasteiger partial charge in [-0.15, -0.1) is 0 Å². The van der Waals surface area contributed by atoms with Crippen molar-refractivity contribution in [3.05, 3.63) is 62.6 Å². The topological polar surface area (TPSA) is 26.3 Å². The van der Waals surface area contributed by atoms with Crippen LogP contribution in [0.3, 0.4) is 0 Å². The number of rotatable bonds is 1. The highest BCUT2D eigenvalue weighted by atomic mass is 35.5. The van der Waals surface area contributed by atoms with Crippen LogP contribution in [0.4, 0.5) is 0 Å². The fraction of sp³-hybridized carbons (Fsp3) is 0.133. The third kappa shape index (κ3) is 2.51. The fourth-order valence-corrected chi connectivity index (χ4v) is 2.93. The predicted molar refractivity (Wildman–Crippen MR) is 80.2 cm³/mol. The summed E-state index contributed by atoms with van der Waals surface area (Å²) in [6, 6.07) is 10.2. The normalized spacial score (nSPS) is 17.6. The maximum atomic E-state index is 12.2. The Morgan fingerprint density at radius 3 is 2.45 bits per heavy atom. The molecule has 20 heavy (non-hydrogen) atoms. The van der Waals surface area contributed by atoms with Gasteiger partial charge in [0.05, 0.1) is 12.0 Å². The number of ether oxygens (including phenoxy) is 1. The Hall–Kier alpha value is -1.22. The number of carbonyl (C=O) groups excluding carboxylic acids is 1. The van der Waals surface area contributed by atoms with Crippen LogP contribution in [-0.4, -0.2) is 5.78 Å². The van der Waals surface area contributed by atoms with E-state index in [2.05, 4.69) is 0 Å². The zero-order chi connectivity index (χ0) is 14.3. The maximum Gasteiger partial charge on any atom is 0.170 e. The van der Waals surface area contributed by atoms with Gasteiger partial charge in [0.15, 0.2) is 5.78 Å². The van der Waals surface area contributed by atoms with E-state index in [1.54, 1.807) is 36.4 Å². The molecule has 0 fully saturated rings. The molecule has 0 radical (unpaired) electrons. The monoisotopic (exact) mass is 326 g/mol. The zero-order valence-electron chi connectivity index (χ0n) is 10.2. The number of hydrogen-bond donors (Lipinski definition) is 0. The number of fused-ring (bicyclic) bond motifs is 1. The molecule has 2 aromatic rings. The summed E-state index contributed by atoms with van der Waals surface area (Å²) in [5.41, 5.74) is 1.27. The smallest absolute Gasteiger partial charge is 0.170 e. The Labute approximate surface area is 131 Å². The number of carbonyl (C=O) groups is 1. The molecule has 0 N–H and O–H groups in total. The summed E-state index contributed by atoms with van der Waals surface area (Å²) in [6.45, 7) is 0. The first-order chi connectivity index (χ1) is 9.54. The van der Waals surface area contributed by atoms with Gasteiger partial charge in [0.25, 0.3) is 0 Å². The molecule has 0 aliphatic carbocycles. The minimum absolute atomic E-state index is 0.00948. The van der Waals surface area contributed by atoms with Crippen molar-refractivity contribution in [2.45, 2.75) is 12.5 Å². The van der Waals surface area contributed by atoms with E-state index in [1.165, 1.54) is 0 Å². The van der Waals surface area contributed by atoms with Gasteiger partial charge < -0.3 is 4.74 Å². The van der Waals surface area contributed by atoms with Crippen LogP contribution in [0.1, 0.15) is 28.4 Å². The van der Waals surface area contributed by atoms with Crippen LogP contribution in [0.2, 0.25) is 15.1 Å². The molecule has 2 nitrogen and oxygen atoms in total. The molecule has 1 unspecified atom stereocenters. The van der Waals surface area contributed by atoms with Crippen LogP contribution < -0.4 is 4.74 Å². The van der Waals surface area contributed by atoms with E-state index >= 15 is 0 Å². The number of hydrogen-bond acceptors (Lipinski definition) is 2. The Bertz CT molecular complexity index is 698. The summed E-state index contributed by atoms with van der Waals surface area (Å²) < 4.78 is 5.86. The van der Waals surface area contributed by atoms with E-state index in [9.17, 15) is 4.79 Å². The maximum absolute atomic E-state index is 12.2. The SMILES string of the molecule is O=C1CC(c2ccc(Cl)cc2Cl)Oc2ccc(Cl)cc21. The molecular formula is C15H9Cl3O2. The summed E-state index contributed by atoms with van der Waals surface area (Å²) in [4.78, 5) is 12.2. The molecule has 1 heterocycles. The van der Waals surface area contributed by atoms with E-state index in [4.69, 9.17) is 39.5 Å². The van der Waals surface area contributed by atoms with Gasteiger partial charge >= 0.3 is 0 Å². The van der Waals surface area contributed by atoms with Crippen LogP contribution >= 0.6 is 34.8 Å². The zero-order valence-corrected chi connectivity index (χ0v) is 12.5. The molecule has 0 amide bonds. The molecule has 2 aromatic carbocycles. The first-order valence-electron chi connectivity index (χ1n) is 5.99. The van der Waals surface area contributed by atoms with Gasteiger partial charge in [0, 0.05) is 20.6 Å². The molecule has 0 saturated heterocycles. The van der Waals surface area contributed by atoms with Crippen LogP contribution in [0.5, 0.6) is 5.75 Å². The number of ketones is 1. The van der Waals surface area contributed by atoms with E-state index in [1.807, 2.05) is 0 Å². The van der Waals surface area contributed by atoms with Crippen LogP contribution in [0.15, 0.2) is 36.4 Å². The highest BCUT2D eigenvalue weighted by Crippen LogP contribution is 2.38. The molecule has 1 aliphatic rings. The van der Waals surface area contributed by atoms with E-state index in [0.29, 0.717) is 26.4 Å². The second-order valence-electron chi connectivity index (χ2n) is 4.54. The quantitative estimate of drug-likeness (QED) is 0.705. The highest BCUT2D eigenvalue weighted by molar-refractivity contribution is 6.35. The summed E-state index contributed by atoms with van der Waals surface area (Å²) in [7, 11) is 0. The minimum Gasteiger partial charge on any atom is -0.484 e. The van der Waals surface area contributed by atoms with Gasteiger partial charge in [-0.3, -0.25) is 4.79 Å². The van der Waals surface area contributed by atoms with Crippen molar-refractivity contribution in [3.63, 3.8) is 0 Å². The lowest BCUT2D eigenvalue weighted by Crippen LogP contribution is -2.20. The molecule has 0 saturated carbocycles. The van der Waals surface area contributed by atoms with E-state index in [-0.39, 0.29) is 12.2 Å². The lowest BCUT2D eigenvalue weighted by Gasteiger charge is -2.26. The first kappa shape index (κ1) is 13.7. The molecule has 1 aliphatic heterocycles. The van der Waals surface area contributed by atoms with Gasteiger partial charge in [-0.2, -0.15) is 0 Å². The second-order valence-corrected chi connectivity index (χ2v) is 5.82. The lowest BCUT2D eigenvalue weighted by atomic mass is 9.96. The Kier molecular flexibility index (Phi) is 3.63. The van der Waals surface area contributed by atoms with Crippen molar-refractivity contribution < 1.29 is 9.53 Å². The average Bonchev–Trinajstić information content (AvgIpc) is 2.39. The first-order valence-corrected chi connectivity index (χ1v) is 7.12. The van der Waals surface area contributed by atoms with Crippen molar-refractivity contribution in [2.75, 3.05) is 0 Å². The number of benzene rings is 2. The molecule has 0 spiro atoms. The number of halogens is 3. The number of Topliss-reactive ketones (excluding diaryl/α,β-unsaturated/α-hetero) is 1. The Morgan fingerprint density at radius 2 is 1.70 bits per heavy atom. The van der Waals surface area contributed by atoms with E-state index < -0.39 is 6.10 Å². The average molecular weight is 328 g/mol. The van der Waals surface area contributed by atoms with Crippen molar-refractivity contribution in [2.24, 2.45) is 0 Å². The summed E-state index contributed by atoms with van der Waals surface area (Å²) >= 11 is 17.9. The Balaban J connectivity index is 1.99. The lowest BCUT2D eigenvalue weighted by molar-refractivity contribution is 0.0850. The summed E-state index contributed by atoms with van der Waals surface area (Å²) in [5.74, 6) is 0.520. The van der Waals surface area contributed by atoms with Gasteiger partial charge in [0.1, 0.15) is 11.9 Å². The Morgan fingerprint density at radius 1 is 1.00 bits per heavy atom. The van der Waals surface area contributed by atoms with Gasteiger partial charge in [-0.25, -0.2) is 0 Å². The summed E-state index contributed by atoms with van der Waals surface area (Å²) in [6.07, 6.45) is -0.171. The molecule has 5 heteroatoms. The predicted octanol–water partition coefficient (Wildman–Crippen LogP) is 5.35. The van der Waals surface area contributed by atoms with E-state index in [0.717, 1.165) is 5.56 Å². The fourth-order valence-electron chi connectivity index (χ4n) is 2.23. The molecule has 102 valence electrons. The van der Waals surface area contributed by atoms with Crippen molar-refractivity contribution in [1.29, 1.82) is 0 Å².